The standard InChI is InChI=1S/C11H18N2S2/c1-2-5-12-9-3-4-10(8-9)15-11-13-6-7-14-11/h6-7,9-10,12H,2-5,8H2,1H3. The summed E-state index contributed by atoms with van der Waals surface area (Å²) in [5, 5.41) is 6.45. The molecule has 2 rings (SSSR count). The van der Waals surface area contributed by atoms with Crippen LogP contribution in [0.1, 0.15) is 32.6 Å². The summed E-state index contributed by atoms with van der Waals surface area (Å²) in [4.78, 5) is 4.33. The third-order valence-corrected chi connectivity index (χ3v) is 4.96. The van der Waals surface area contributed by atoms with Crippen LogP contribution in [-0.4, -0.2) is 22.8 Å². The lowest BCUT2D eigenvalue weighted by Crippen LogP contribution is -2.27. The van der Waals surface area contributed by atoms with Crippen molar-refractivity contribution >= 4 is 23.1 Å². The number of thioether (sulfide) groups is 1. The van der Waals surface area contributed by atoms with Crippen molar-refractivity contribution in [2.75, 3.05) is 6.54 Å². The largest absolute Gasteiger partial charge is 0.314 e. The van der Waals surface area contributed by atoms with Gasteiger partial charge in [-0.2, -0.15) is 0 Å². The van der Waals surface area contributed by atoms with Crippen molar-refractivity contribution in [2.24, 2.45) is 0 Å². The van der Waals surface area contributed by atoms with E-state index < -0.39 is 0 Å². The molecule has 1 N–H and O–H groups in total. The van der Waals surface area contributed by atoms with Gasteiger partial charge in [0.15, 0.2) is 0 Å². The first-order valence-electron chi connectivity index (χ1n) is 5.68. The second kappa shape index (κ2) is 5.87. The van der Waals surface area contributed by atoms with Crippen LogP contribution in [0.25, 0.3) is 0 Å². The Morgan fingerprint density at radius 2 is 2.53 bits per heavy atom. The van der Waals surface area contributed by atoms with E-state index in [1.54, 1.807) is 11.3 Å². The molecule has 0 spiro atoms. The minimum atomic E-state index is 0.752. The fourth-order valence-corrected chi connectivity index (χ4v) is 4.14. The molecular formula is C11H18N2S2. The number of aromatic nitrogens is 1. The maximum absolute atomic E-state index is 4.33. The molecule has 0 saturated heterocycles. The van der Waals surface area contributed by atoms with E-state index in [4.69, 9.17) is 0 Å². The van der Waals surface area contributed by atoms with Gasteiger partial charge in [0.2, 0.25) is 0 Å². The summed E-state index contributed by atoms with van der Waals surface area (Å²) in [5.41, 5.74) is 0. The quantitative estimate of drug-likeness (QED) is 0.858. The zero-order valence-electron chi connectivity index (χ0n) is 9.11. The molecule has 0 amide bonds. The number of hydrogen-bond donors (Lipinski definition) is 1. The van der Waals surface area contributed by atoms with Gasteiger partial charge < -0.3 is 5.32 Å². The zero-order chi connectivity index (χ0) is 10.5. The van der Waals surface area contributed by atoms with Crippen molar-refractivity contribution in [1.82, 2.24) is 10.3 Å². The molecule has 0 aromatic carbocycles. The minimum Gasteiger partial charge on any atom is -0.314 e. The highest BCUT2D eigenvalue weighted by atomic mass is 32.2. The molecule has 1 saturated carbocycles. The highest BCUT2D eigenvalue weighted by molar-refractivity contribution is 8.01. The van der Waals surface area contributed by atoms with Crippen LogP contribution in [-0.2, 0) is 0 Å². The van der Waals surface area contributed by atoms with Crippen LogP contribution in [0.3, 0.4) is 0 Å². The fourth-order valence-electron chi connectivity index (χ4n) is 1.99. The summed E-state index contributed by atoms with van der Waals surface area (Å²) in [5.74, 6) is 0. The number of rotatable bonds is 5. The monoisotopic (exact) mass is 242 g/mol. The number of nitrogens with zero attached hydrogens (tertiary/aromatic N) is 1. The molecule has 0 bridgehead atoms. The lowest BCUT2D eigenvalue weighted by atomic mass is 10.2. The van der Waals surface area contributed by atoms with Crippen molar-refractivity contribution in [3.63, 3.8) is 0 Å². The molecule has 2 nitrogen and oxygen atoms in total. The van der Waals surface area contributed by atoms with Crippen LogP contribution in [0.2, 0.25) is 0 Å². The SMILES string of the molecule is CCCNC1CCC(Sc2nccs2)C1. The van der Waals surface area contributed by atoms with Gasteiger partial charge in [-0.3, -0.25) is 0 Å². The first kappa shape index (κ1) is 11.4. The molecular weight excluding hydrogens is 224 g/mol. The van der Waals surface area contributed by atoms with Crippen LogP contribution in [0.4, 0.5) is 0 Å². The summed E-state index contributed by atoms with van der Waals surface area (Å²) in [6.45, 7) is 3.39. The van der Waals surface area contributed by atoms with Gasteiger partial charge in [-0.15, -0.1) is 11.3 Å². The van der Waals surface area contributed by atoms with E-state index in [1.807, 2.05) is 18.0 Å². The summed E-state index contributed by atoms with van der Waals surface area (Å²) >= 11 is 3.72. The van der Waals surface area contributed by atoms with E-state index in [0.29, 0.717) is 0 Å². The van der Waals surface area contributed by atoms with E-state index in [1.165, 1.54) is 36.6 Å². The Balaban J connectivity index is 1.73. The fraction of sp³-hybridized carbons (Fsp3) is 0.727. The van der Waals surface area contributed by atoms with Crippen molar-refractivity contribution in [2.45, 2.75) is 48.2 Å². The Morgan fingerprint density at radius 3 is 3.27 bits per heavy atom. The molecule has 1 aromatic rings. The molecule has 4 heteroatoms. The molecule has 1 aliphatic rings. The Hall–Kier alpha value is -0.0600. The molecule has 0 aliphatic heterocycles. The van der Waals surface area contributed by atoms with E-state index in [9.17, 15) is 0 Å². The van der Waals surface area contributed by atoms with Crippen LogP contribution >= 0.6 is 23.1 Å². The Kier molecular flexibility index (Phi) is 4.47. The van der Waals surface area contributed by atoms with Crippen molar-refractivity contribution < 1.29 is 0 Å². The van der Waals surface area contributed by atoms with Gasteiger partial charge in [0.1, 0.15) is 4.34 Å². The molecule has 1 aliphatic carbocycles. The van der Waals surface area contributed by atoms with Crippen LogP contribution in [0.15, 0.2) is 15.9 Å². The number of hydrogen-bond acceptors (Lipinski definition) is 4. The highest BCUT2D eigenvalue weighted by Crippen LogP contribution is 2.35. The van der Waals surface area contributed by atoms with Crippen LogP contribution in [0, 0.1) is 0 Å². The summed E-state index contributed by atoms with van der Waals surface area (Å²) in [6.07, 6.45) is 7.12. The molecule has 1 aromatic heterocycles. The van der Waals surface area contributed by atoms with Crippen molar-refractivity contribution in [3.05, 3.63) is 11.6 Å². The summed E-state index contributed by atoms with van der Waals surface area (Å²) in [6, 6.07) is 0.752. The van der Waals surface area contributed by atoms with Crippen molar-refractivity contribution in [1.29, 1.82) is 0 Å². The zero-order valence-corrected chi connectivity index (χ0v) is 10.7. The van der Waals surface area contributed by atoms with Gasteiger partial charge in [0.25, 0.3) is 0 Å². The maximum Gasteiger partial charge on any atom is 0.150 e. The molecule has 84 valence electrons. The predicted octanol–water partition coefficient (Wildman–Crippen LogP) is 3.16. The van der Waals surface area contributed by atoms with Gasteiger partial charge in [0.05, 0.1) is 0 Å². The number of thiazole rings is 1. The van der Waals surface area contributed by atoms with Gasteiger partial charge in [-0.25, -0.2) is 4.98 Å². The minimum absolute atomic E-state index is 0.752. The van der Waals surface area contributed by atoms with Gasteiger partial charge in [0, 0.05) is 22.9 Å². The van der Waals surface area contributed by atoms with E-state index in [0.717, 1.165) is 11.3 Å². The lowest BCUT2D eigenvalue weighted by Gasteiger charge is -2.11. The smallest absolute Gasteiger partial charge is 0.150 e. The Labute approximate surface area is 99.9 Å². The summed E-state index contributed by atoms with van der Waals surface area (Å²) < 4.78 is 1.23. The molecule has 0 radical (unpaired) electrons. The van der Waals surface area contributed by atoms with E-state index >= 15 is 0 Å². The van der Waals surface area contributed by atoms with E-state index in [-0.39, 0.29) is 0 Å². The third-order valence-electron chi connectivity index (χ3n) is 2.74. The third kappa shape index (κ3) is 3.47. The van der Waals surface area contributed by atoms with Crippen LogP contribution in [0.5, 0.6) is 0 Å². The molecule has 15 heavy (non-hydrogen) atoms. The summed E-state index contributed by atoms with van der Waals surface area (Å²) in [7, 11) is 0. The number of nitrogens with one attached hydrogen (secondary N) is 1. The average molecular weight is 242 g/mol. The average Bonchev–Trinajstić information content (AvgIpc) is 2.87. The van der Waals surface area contributed by atoms with Gasteiger partial charge in [-0.05, 0) is 32.2 Å². The predicted molar refractivity (Wildman–Crippen MR) is 67.7 cm³/mol. The lowest BCUT2D eigenvalue weighted by molar-refractivity contribution is 0.524. The second-order valence-electron chi connectivity index (χ2n) is 4.00. The topological polar surface area (TPSA) is 24.9 Å². The normalized spacial score (nSPS) is 25.9. The second-order valence-corrected chi connectivity index (χ2v) is 6.44. The highest BCUT2D eigenvalue weighted by Gasteiger charge is 2.25. The first-order valence-corrected chi connectivity index (χ1v) is 7.44. The molecule has 2 atom stereocenters. The van der Waals surface area contributed by atoms with Gasteiger partial charge in [-0.1, -0.05) is 18.7 Å². The molecule has 2 unspecified atom stereocenters. The first-order chi connectivity index (χ1) is 7.38. The Morgan fingerprint density at radius 1 is 1.60 bits per heavy atom. The van der Waals surface area contributed by atoms with E-state index in [2.05, 4.69) is 22.6 Å². The van der Waals surface area contributed by atoms with Gasteiger partial charge >= 0.3 is 0 Å². The molecule has 1 heterocycles. The maximum atomic E-state index is 4.33. The van der Waals surface area contributed by atoms with Crippen molar-refractivity contribution in [3.8, 4) is 0 Å². The van der Waals surface area contributed by atoms with Crippen LogP contribution < -0.4 is 5.32 Å². The Bertz CT molecular complexity index is 274. The molecule has 1 fully saturated rings.